The van der Waals surface area contributed by atoms with Gasteiger partial charge in [-0.3, -0.25) is 0 Å². The lowest BCUT2D eigenvalue weighted by Crippen LogP contribution is -2.11. The molecule has 0 aliphatic heterocycles. The van der Waals surface area contributed by atoms with Gasteiger partial charge in [-0.15, -0.1) is 0 Å². The maximum Gasteiger partial charge on any atom is 0.131 e. The molecule has 0 amide bonds. The summed E-state index contributed by atoms with van der Waals surface area (Å²) in [7, 11) is 0. The van der Waals surface area contributed by atoms with Crippen molar-refractivity contribution in [1.29, 1.82) is 0 Å². The van der Waals surface area contributed by atoms with Gasteiger partial charge in [0.15, 0.2) is 0 Å². The Bertz CT molecular complexity index is 536. The second kappa shape index (κ2) is 7.17. The average Bonchev–Trinajstić information content (AvgIpc) is 2.49. The van der Waals surface area contributed by atoms with Crippen LogP contribution in [-0.4, -0.2) is 23.4 Å². The second-order valence-corrected chi connectivity index (χ2v) is 4.95. The standard InChI is InChI=1S/C17H19FO2/c18-17-10-13(6-7-14(11-19)12-20)8-9-16(17)15-4-2-1-3-5-15/h1-5,8-10,14,19-20H,6-7,11-12H2. The Kier molecular flexibility index (Phi) is 5.27. The van der Waals surface area contributed by atoms with Crippen LogP contribution in [0.1, 0.15) is 12.0 Å². The minimum Gasteiger partial charge on any atom is -0.396 e. The molecule has 20 heavy (non-hydrogen) atoms. The van der Waals surface area contributed by atoms with Gasteiger partial charge in [0.05, 0.1) is 0 Å². The third kappa shape index (κ3) is 3.65. The van der Waals surface area contributed by atoms with E-state index in [2.05, 4.69) is 0 Å². The van der Waals surface area contributed by atoms with Gasteiger partial charge in [-0.05, 0) is 30.0 Å². The van der Waals surface area contributed by atoms with Gasteiger partial charge in [0.25, 0.3) is 0 Å². The fourth-order valence-corrected chi connectivity index (χ4v) is 2.18. The molecule has 0 saturated carbocycles. The molecule has 2 rings (SSSR count). The van der Waals surface area contributed by atoms with Crippen LogP contribution in [0.2, 0.25) is 0 Å². The third-order valence-corrected chi connectivity index (χ3v) is 3.48. The van der Waals surface area contributed by atoms with E-state index in [1.807, 2.05) is 36.4 Å². The third-order valence-electron chi connectivity index (χ3n) is 3.48. The van der Waals surface area contributed by atoms with Gasteiger partial charge >= 0.3 is 0 Å². The molecule has 0 unspecified atom stereocenters. The highest BCUT2D eigenvalue weighted by atomic mass is 19.1. The lowest BCUT2D eigenvalue weighted by Gasteiger charge is -2.11. The zero-order chi connectivity index (χ0) is 14.4. The number of aliphatic hydroxyl groups excluding tert-OH is 2. The Morgan fingerprint density at radius 3 is 2.25 bits per heavy atom. The predicted molar refractivity (Wildman–Crippen MR) is 77.8 cm³/mol. The van der Waals surface area contributed by atoms with Crippen LogP contribution in [0.3, 0.4) is 0 Å². The molecule has 0 aliphatic carbocycles. The van der Waals surface area contributed by atoms with Crippen LogP contribution in [0.25, 0.3) is 11.1 Å². The topological polar surface area (TPSA) is 40.5 Å². The number of hydrogen-bond donors (Lipinski definition) is 2. The highest BCUT2D eigenvalue weighted by molar-refractivity contribution is 5.64. The molecule has 3 heteroatoms. The molecule has 2 nitrogen and oxygen atoms in total. The molecule has 2 aromatic rings. The van der Waals surface area contributed by atoms with Crippen molar-refractivity contribution in [3.63, 3.8) is 0 Å². The first-order valence-electron chi connectivity index (χ1n) is 6.80. The Labute approximate surface area is 118 Å². The molecule has 106 valence electrons. The van der Waals surface area contributed by atoms with Gasteiger partial charge in [-0.25, -0.2) is 4.39 Å². The van der Waals surface area contributed by atoms with Gasteiger partial charge in [-0.2, -0.15) is 0 Å². The van der Waals surface area contributed by atoms with E-state index < -0.39 is 0 Å². The van der Waals surface area contributed by atoms with Crippen molar-refractivity contribution in [2.75, 3.05) is 13.2 Å². The summed E-state index contributed by atoms with van der Waals surface area (Å²) < 4.78 is 14.1. The monoisotopic (exact) mass is 274 g/mol. The molecule has 0 fully saturated rings. The van der Waals surface area contributed by atoms with Crippen molar-refractivity contribution in [1.82, 2.24) is 0 Å². The molecule has 0 radical (unpaired) electrons. The minimum absolute atomic E-state index is 0.0406. The van der Waals surface area contributed by atoms with Crippen molar-refractivity contribution in [3.05, 3.63) is 59.9 Å². The molecular formula is C17H19FO2. The van der Waals surface area contributed by atoms with E-state index in [0.29, 0.717) is 18.4 Å². The van der Waals surface area contributed by atoms with Crippen LogP contribution < -0.4 is 0 Å². The number of halogens is 1. The molecule has 0 atom stereocenters. The maximum atomic E-state index is 14.1. The fraction of sp³-hybridized carbons (Fsp3) is 0.294. The van der Waals surface area contributed by atoms with Crippen LogP contribution in [0, 0.1) is 11.7 Å². The summed E-state index contributed by atoms with van der Waals surface area (Å²) in [5.41, 5.74) is 2.34. The Balaban J connectivity index is 2.10. The van der Waals surface area contributed by atoms with Gasteiger partial charge < -0.3 is 10.2 Å². The normalized spacial score (nSPS) is 11.0. The Morgan fingerprint density at radius 2 is 1.65 bits per heavy atom. The zero-order valence-electron chi connectivity index (χ0n) is 11.3. The molecule has 0 aromatic heterocycles. The van der Waals surface area contributed by atoms with Crippen molar-refractivity contribution in [2.45, 2.75) is 12.8 Å². The molecule has 0 saturated heterocycles. The van der Waals surface area contributed by atoms with Crippen LogP contribution in [-0.2, 0) is 6.42 Å². The highest BCUT2D eigenvalue weighted by Gasteiger charge is 2.09. The lowest BCUT2D eigenvalue weighted by atomic mass is 9.98. The molecule has 2 N–H and O–H groups in total. The number of benzene rings is 2. The second-order valence-electron chi connectivity index (χ2n) is 4.95. The van der Waals surface area contributed by atoms with Crippen LogP contribution >= 0.6 is 0 Å². The number of rotatable bonds is 6. The summed E-state index contributed by atoms with van der Waals surface area (Å²) in [4.78, 5) is 0. The predicted octanol–water partition coefficient (Wildman–Crippen LogP) is 3.03. The van der Waals surface area contributed by atoms with Crippen LogP contribution in [0.5, 0.6) is 0 Å². The fourth-order valence-electron chi connectivity index (χ4n) is 2.18. The highest BCUT2D eigenvalue weighted by Crippen LogP contribution is 2.24. The summed E-state index contributed by atoms with van der Waals surface area (Å²) in [6.07, 6.45) is 1.30. The minimum atomic E-state index is -0.238. The van der Waals surface area contributed by atoms with Crippen molar-refractivity contribution < 1.29 is 14.6 Å². The Hall–Kier alpha value is -1.71. The number of aryl methyl sites for hydroxylation is 1. The first-order valence-corrected chi connectivity index (χ1v) is 6.80. The van der Waals surface area contributed by atoms with Gasteiger partial charge in [0.1, 0.15) is 5.82 Å². The maximum absolute atomic E-state index is 14.1. The van der Waals surface area contributed by atoms with Crippen molar-refractivity contribution in [3.8, 4) is 11.1 Å². The number of hydrogen-bond acceptors (Lipinski definition) is 2. The van der Waals surface area contributed by atoms with Crippen LogP contribution in [0.15, 0.2) is 48.5 Å². The largest absolute Gasteiger partial charge is 0.396 e. The summed E-state index contributed by atoms with van der Waals surface area (Å²) in [5.74, 6) is -0.370. The summed E-state index contributed by atoms with van der Waals surface area (Å²) in [5, 5.41) is 18.0. The van der Waals surface area contributed by atoms with Gasteiger partial charge in [0.2, 0.25) is 0 Å². The molecule has 0 bridgehead atoms. The van der Waals surface area contributed by atoms with E-state index in [0.717, 1.165) is 11.1 Å². The molecule has 0 aliphatic rings. The van der Waals surface area contributed by atoms with Crippen molar-refractivity contribution >= 4 is 0 Å². The zero-order valence-corrected chi connectivity index (χ0v) is 11.3. The van der Waals surface area contributed by atoms with E-state index in [4.69, 9.17) is 10.2 Å². The van der Waals surface area contributed by atoms with E-state index >= 15 is 0 Å². The first kappa shape index (κ1) is 14.7. The average molecular weight is 274 g/mol. The van der Waals surface area contributed by atoms with Crippen molar-refractivity contribution in [2.24, 2.45) is 5.92 Å². The van der Waals surface area contributed by atoms with E-state index in [-0.39, 0.29) is 24.9 Å². The van der Waals surface area contributed by atoms with Gasteiger partial charge in [-0.1, -0.05) is 42.5 Å². The number of aliphatic hydroxyl groups is 2. The molecule has 0 heterocycles. The quantitative estimate of drug-likeness (QED) is 0.850. The summed E-state index contributed by atoms with van der Waals surface area (Å²) in [6, 6.07) is 14.7. The smallest absolute Gasteiger partial charge is 0.131 e. The first-order chi connectivity index (χ1) is 9.74. The molecule has 2 aromatic carbocycles. The summed E-state index contributed by atoms with van der Waals surface area (Å²) in [6.45, 7) is -0.0812. The van der Waals surface area contributed by atoms with E-state index in [9.17, 15) is 4.39 Å². The van der Waals surface area contributed by atoms with Crippen LogP contribution in [0.4, 0.5) is 4.39 Å². The molecule has 0 spiro atoms. The Morgan fingerprint density at radius 1 is 0.950 bits per heavy atom. The van der Waals surface area contributed by atoms with Gasteiger partial charge in [0, 0.05) is 24.7 Å². The lowest BCUT2D eigenvalue weighted by molar-refractivity contribution is 0.144. The molecular weight excluding hydrogens is 255 g/mol. The van der Waals surface area contributed by atoms with E-state index in [1.165, 1.54) is 6.07 Å². The van der Waals surface area contributed by atoms with E-state index in [1.54, 1.807) is 6.07 Å². The summed E-state index contributed by atoms with van der Waals surface area (Å²) >= 11 is 0. The SMILES string of the molecule is OCC(CO)CCc1ccc(-c2ccccc2)c(F)c1.